The van der Waals surface area contributed by atoms with Gasteiger partial charge < -0.3 is 9.80 Å². The molecule has 0 spiro atoms. The van der Waals surface area contributed by atoms with Gasteiger partial charge in [0.25, 0.3) is 0 Å². The Morgan fingerprint density at radius 3 is 1.45 bits per heavy atom. The summed E-state index contributed by atoms with van der Waals surface area (Å²) in [5.74, 6) is 0. The minimum absolute atomic E-state index is 0.269. The van der Waals surface area contributed by atoms with Gasteiger partial charge in [-0.2, -0.15) is 10.5 Å². The van der Waals surface area contributed by atoms with Gasteiger partial charge in [-0.1, -0.05) is 98.8 Å². The van der Waals surface area contributed by atoms with Crippen molar-refractivity contribution in [2.45, 2.75) is 19.3 Å². The molecule has 0 saturated carbocycles. The molecule has 4 nitrogen and oxygen atoms in total. The number of nitrogens with zero attached hydrogens (tertiary/aromatic N) is 4. The third-order valence-electron chi connectivity index (χ3n) is 10.9. The highest BCUT2D eigenvalue weighted by atomic mass is 15.1. The fraction of sp³-hybridized carbons (Fsp3) is 0.0588. The first kappa shape index (κ1) is 33.4. The van der Waals surface area contributed by atoms with Gasteiger partial charge in [-0.25, -0.2) is 0 Å². The molecule has 8 aromatic rings. The minimum Gasteiger partial charge on any atom is -0.310 e. The normalized spacial score (nSPS) is 12.3. The van der Waals surface area contributed by atoms with Crippen LogP contribution in [0.25, 0.3) is 33.0 Å². The molecule has 0 aromatic heterocycles. The first-order chi connectivity index (χ1) is 26.9. The molecule has 0 bridgehead atoms. The lowest BCUT2D eigenvalue weighted by atomic mass is 9.80. The van der Waals surface area contributed by atoms with Gasteiger partial charge >= 0.3 is 0 Å². The van der Waals surface area contributed by atoms with Crippen LogP contribution in [0.4, 0.5) is 34.1 Å². The highest BCUT2D eigenvalue weighted by Gasteiger charge is 2.37. The molecular formula is C51H36N4. The number of hydrogen-bond acceptors (Lipinski definition) is 4. The summed E-state index contributed by atoms with van der Waals surface area (Å²) in [6.07, 6.45) is 0. The quantitative estimate of drug-likeness (QED) is 0.166. The number of para-hydroxylation sites is 1. The van der Waals surface area contributed by atoms with Crippen molar-refractivity contribution in [2.75, 3.05) is 9.80 Å². The largest absolute Gasteiger partial charge is 0.310 e. The van der Waals surface area contributed by atoms with Crippen molar-refractivity contribution in [2.24, 2.45) is 0 Å². The van der Waals surface area contributed by atoms with E-state index >= 15 is 0 Å². The van der Waals surface area contributed by atoms with Crippen molar-refractivity contribution in [3.8, 4) is 34.4 Å². The average Bonchev–Trinajstić information content (AvgIpc) is 3.48. The SMILES string of the molecule is CC1(C)c2cc(N(c3ccccc3)c3ccc(C#N)cc3)ccc2-c2ccc3cc(N(c4ccc(C#N)cc4)c4ccc(-c5ccccc5)cc4)ccc3c21. The van der Waals surface area contributed by atoms with Gasteiger partial charge in [-0.3, -0.25) is 0 Å². The van der Waals surface area contributed by atoms with Crippen LogP contribution in [-0.4, -0.2) is 0 Å². The van der Waals surface area contributed by atoms with Crippen molar-refractivity contribution < 1.29 is 0 Å². The van der Waals surface area contributed by atoms with Gasteiger partial charge in [-0.05, 0) is 141 Å². The first-order valence-corrected chi connectivity index (χ1v) is 18.5. The number of hydrogen-bond donors (Lipinski definition) is 0. The summed E-state index contributed by atoms with van der Waals surface area (Å²) in [5.41, 5.74) is 14.6. The zero-order valence-electron chi connectivity index (χ0n) is 30.6. The lowest BCUT2D eigenvalue weighted by Crippen LogP contribution is -2.17. The summed E-state index contributed by atoms with van der Waals surface area (Å²) in [4.78, 5) is 4.52. The number of rotatable bonds is 7. The molecule has 0 N–H and O–H groups in total. The smallest absolute Gasteiger partial charge is 0.0991 e. The highest BCUT2D eigenvalue weighted by Crippen LogP contribution is 2.53. The molecule has 0 unspecified atom stereocenters. The van der Waals surface area contributed by atoms with E-state index in [4.69, 9.17) is 0 Å². The van der Waals surface area contributed by atoms with Crippen LogP contribution < -0.4 is 9.80 Å². The Labute approximate surface area is 322 Å². The second kappa shape index (κ2) is 13.5. The Balaban J connectivity index is 1.13. The van der Waals surface area contributed by atoms with Gasteiger partial charge in [0.1, 0.15) is 0 Å². The maximum absolute atomic E-state index is 9.53. The van der Waals surface area contributed by atoms with E-state index in [9.17, 15) is 10.5 Å². The molecule has 9 rings (SSSR count). The summed E-state index contributed by atoms with van der Waals surface area (Å²) >= 11 is 0. The van der Waals surface area contributed by atoms with Crippen LogP contribution in [0.15, 0.2) is 182 Å². The molecule has 8 aromatic carbocycles. The van der Waals surface area contributed by atoms with Crippen molar-refractivity contribution >= 4 is 44.9 Å². The van der Waals surface area contributed by atoms with Crippen LogP contribution in [-0.2, 0) is 5.41 Å². The molecule has 1 aliphatic carbocycles. The fourth-order valence-electron chi connectivity index (χ4n) is 8.19. The van der Waals surface area contributed by atoms with E-state index in [1.54, 1.807) is 0 Å². The van der Waals surface area contributed by atoms with E-state index in [-0.39, 0.29) is 5.41 Å². The average molecular weight is 705 g/mol. The molecule has 0 atom stereocenters. The number of nitriles is 2. The van der Waals surface area contributed by atoms with E-state index in [0.29, 0.717) is 11.1 Å². The third kappa shape index (κ3) is 5.88. The van der Waals surface area contributed by atoms with Crippen LogP contribution in [0.5, 0.6) is 0 Å². The maximum atomic E-state index is 9.53. The third-order valence-corrected chi connectivity index (χ3v) is 10.9. The van der Waals surface area contributed by atoms with Gasteiger partial charge in [0, 0.05) is 39.5 Å². The lowest BCUT2D eigenvalue weighted by molar-refractivity contribution is 0.666. The molecule has 4 heteroatoms. The topological polar surface area (TPSA) is 54.1 Å². The van der Waals surface area contributed by atoms with E-state index < -0.39 is 0 Å². The Morgan fingerprint density at radius 1 is 0.418 bits per heavy atom. The van der Waals surface area contributed by atoms with E-state index in [2.05, 4.69) is 157 Å². The Kier molecular flexibility index (Phi) is 8.23. The lowest BCUT2D eigenvalue weighted by Gasteiger charge is -2.29. The monoisotopic (exact) mass is 704 g/mol. The summed E-state index contributed by atoms with van der Waals surface area (Å²) in [7, 11) is 0. The van der Waals surface area contributed by atoms with Crippen molar-refractivity contribution in [3.05, 3.63) is 204 Å². The zero-order chi connectivity index (χ0) is 37.5. The molecule has 1 aliphatic rings. The van der Waals surface area contributed by atoms with Gasteiger partial charge in [0.15, 0.2) is 0 Å². The summed E-state index contributed by atoms with van der Waals surface area (Å²) in [6, 6.07) is 67.7. The van der Waals surface area contributed by atoms with Crippen LogP contribution in [0.1, 0.15) is 36.1 Å². The number of fused-ring (bicyclic) bond motifs is 5. The molecule has 0 aliphatic heterocycles. The maximum Gasteiger partial charge on any atom is 0.0991 e. The molecule has 0 radical (unpaired) electrons. The van der Waals surface area contributed by atoms with Crippen molar-refractivity contribution in [1.82, 2.24) is 0 Å². The minimum atomic E-state index is -0.269. The molecule has 260 valence electrons. The zero-order valence-corrected chi connectivity index (χ0v) is 30.6. The summed E-state index contributed by atoms with van der Waals surface area (Å²) < 4.78 is 0. The molecular weight excluding hydrogens is 669 g/mol. The van der Waals surface area contributed by atoms with Crippen molar-refractivity contribution in [1.29, 1.82) is 10.5 Å². The Morgan fingerprint density at radius 2 is 0.873 bits per heavy atom. The number of anilines is 6. The Bertz CT molecular complexity index is 2770. The second-order valence-corrected chi connectivity index (χ2v) is 14.5. The van der Waals surface area contributed by atoms with Crippen LogP contribution in [0, 0.1) is 22.7 Å². The van der Waals surface area contributed by atoms with Crippen LogP contribution in [0.3, 0.4) is 0 Å². The predicted octanol–water partition coefficient (Wildman–Crippen LogP) is 13.5. The standard InChI is InChI=1S/C51H36N4/c1-51(2)49-32-45(54(40-11-7-4-8-12-40)41-20-13-35(33-52)14-21-41)27-30-47(49)48-28-19-39-31-44(26-29-46(39)50(48)51)55(42-22-15-36(34-53)16-23-42)43-24-17-38(18-25-43)37-9-5-3-6-10-37/h3-32H,1-2H3. The fourth-order valence-corrected chi connectivity index (χ4v) is 8.19. The molecule has 0 saturated heterocycles. The van der Waals surface area contributed by atoms with Crippen LogP contribution >= 0.6 is 0 Å². The van der Waals surface area contributed by atoms with Gasteiger partial charge in [0.05, 0.1) is 23.3 Å². The highest BCUT2D eigenvalue weighted by molar-refractivity contribution is 6.00. The van der Waals surface area contributed by atoms with Crippen LogP contribution in [0.2, 0.25) is 0 Å². The molecule has 0 amide bonds. The molecule has 0 heterocycles. The van der Waals surface area contributed by atoms with Gasteiger partial charge in [-0.15, -0.1) is 0 Å². The summed E-state index contributed by atoms with van der Waals surface area (Å²) in [6.45, 7) is 4.67. The Hall–Kier alpha value is -7.40. The predicted molar refractivity (Wildman–Crippen MR) is 226 cm³/mol. The second-order valence-electron chi connectivity index (χ2n) is 14.5. The molecule has 55 heavy (non-hydrogen) atoms. The van der Waals surface area contributed by atoms with E-state index in [1.807, 2.05) is 60.7 Å². The molecule has 0 fully saturated rings. The number of benzene rings is 8. The van der Waals surface area contributed by atoms with E-state index in [0.717, 1.165) is 39.7 Å². The first-order valence-electron chi connectivity index (χ1n) is 18.5. The van der Waals surface area contributed by atoms with Gasteiger partial charge in [0.2, 0.25) is 0 Å². The summed E-state index contributed by atoms with van der Waals surface area (Å²) in [5, 5.41) is 21.4. The van der Waals surface area contributed by atoms with Crippen molar-refractivity contribution in [3.63, 3.8) is 0 Å². The van der Waals surface area contributed by atoms with E-state index in [1.165, 1.54) is 38.6 Å².